The van der Waals surface area contributed by atoms with E-state index in [4.69, 9.17) is 42.6 Å². The average Bonchev–Trinajstić information content (AvgIpc) is 4.06. The molecule has 0 radical (unpaired) electrons. The van der Waals surface area contributed by atoms with Gasteiger partial charge in [-0.15, -0.1) is 0 Å². The van der Waals surface area contributed by atoms with Crippen LogP contribution in [0.1, 0.15) is 131 Å². The maximum atomic E-state index is 14.1. The van der Waals surface area contributed by atoms with Crippen molar-refractivity contribution in [2.75, 3.05) is 6.61 Å². The summed E-state index contributed by atoms with van der Waals surface area (Å²) in [5.41, 5.74) is -2.63. The van der Waals surface area contributed by atoms with Crippen LogP contribution in [0.4, 0.5) is 0 Å². The summed E-state index contributed by atoms with van der Waals surface area (Å²) in [5, 5.41) is 45.4. The average molecular weight is 889 g/mol. The lowest BCUT2D eigenvalue weighted by Gasteiger charge is -2.46. The van der Waals surface area contributed by atoms with Crippen LogP contribution in [0.5, 0.6) is 0 Å². The number of ketones is 1. The smallest absolute Gasteiger partial charge is 0.336 e. The molecule has 0 saturated carbocycles. The summed E-state index contributed by atoms with van der Waals surface area (Å²) in [4.78, 5) is 40.9. The van der Waals surface area contributed by atoms with Gasteiger partial charge in [-0.3, -0.25) is 9.59 Å². The Kier molecular flexibility index (Phi) is 12.0. The summed E-state index contributed by atoms with van der Waals surface area (Å²) in [6.07, 6.45) is 2.32. The predicted molar refractivity (Wildman–Crippen MR) is 220 cm³/mol. The van der Waals surface area contributed by atoms with E-state index in [2.05, 4.69) is 13.0 Å². The minimum atomic E-state index is -1.99. The number of rotatable bonds is 2. The molecule has 4 N–H and O–H groups in total. The molecule has 19 atom stereocenters. The van der Waals surface area contributed by atoms with Gasteiger partial charge in [0.2, 0.25) is 5.79 Å². The van der Waals surface area contributed by atoms with Crippen LogP contribution >= 0.6 is 0 Å². The number of hydrogen-bond donors (Lipinski definition) is 4. The lowest BCUT2D eigenvalue weighted by molar-refractivity contribution is -0.358. The zero-order valence-corrected chi connectivity index (χ0v) is 37.5. The van der Waals surface area contributed by atoms with Crippen molar-refractivity contribution < 1.29 is 77.4 Å². The first-order valence-electron chi connectivity index (χ1n) is 23.5. The number of aliphatic hydroxyl groups excluding tert-OH is 2. The molecule has 8 fully saturated rings. The zero-order valence-electron chi connectivity index (χ0n) is 37.5. The minimum absolute atomic E-state index is 0.0310. The molecule has 16 heteroatoms. The van der Waals surface area contributed by atoms with Crippen LogP contribution in [0.2, 0.25) is 0 Å². The van der Waals surface area contributed by atoms with Gasteiger partial charge < -0.3 is 63.1 Å². The van der Waals surface area contributed by atoms with Gasteiger partial charge in [-0.05, 0) is 90.9 Å². The monoisotopic (exact) mass is 888 g/mol. The highest BCUT2D eigenvalue weighted by Crippen LogP contribution is 2.55. The molecule has 9 aliphatic rings. The number of hydrogen-bond acceptors (Lipinski definition) is 15. The molecule has 0 aromatic heterocycles. The molecule has 352 valence electrons. The van der Waals surface area contributed by atoms with E-state index in [0.29, 0.717) is 57.8 Å². The lowest BCUT2D eigenvalue weighted by Crippen LogP contribution is -2.60. The number of Topliss-reactive ketones (excluding diaryl/α,β-unsaturated/α-hetero) is 1. The van der Waals surface area contributed by atoms with Crippen LogP contribution in [-0.4, -0.2) is 140 Å². The number of aliphatic hydroxyl groups is 3. The number of ether oxygens (including phenoxy) is 9. The minimum Gasteiger partial charge on any atom is -0.479 e. The van der Waals surface area contributed by atoms with Crippen molar-refractivity contribution in [3.63, 3.8) is 0 Å². The van der Waals surface area contributed by atoms with Gasteiger partial charge in [0.05, 0.1) is 36.4 Å². The molecule has 0 aliphatic carbocycles. The highest BCUT2D eigenvalue weighted by atomic mass is 16.8. The van der Waals surface area contributed by atoms with E-state index in [1.54, 1.807) is 13.8 Å². The third-order valence-corrected chi connectivity index (χ3v) is 16.0. The zero-order chi connectivity index (χ0) is 44.9. The highest BCUT2D eigenvalue weighted by Gasteiger charge is 2.68. The Hall–Kier alpha value is -2.35. The molecule has 0 amide bonds. The maximum absolute atomic E-state index is 14.1. The van der Waals surface area contributed by atoms with Crippen LogP contribution in [0.15, 0.2) is 23.8 Å². The Bertz CT molecular complexity index is 1860. The third kappa shape index (κ3) is 8.18. The Labute approximate surface area is 369 Å². The van der Waals surface area contributed by atoms with Crippen molar-refractivity contribution in [2.45, 2.75) is 227 Å². The van der Waals surface area contributed by atoms with E-state index in [-0.39, 0.29) is 56.3 Å². The van der Waals surface area contributed by atoms with Gasteiger partial charge in [-0.1, -0.05) is 37.6 Å². The number of carbonyl (C=O) groups is 3. The normalized spacial score (nSPS) is 54.2. The Morgan fingerprint density at radius 2 is 1.59 bits per heavy atom. The maximum Gasteiger partial charge on any atom is 0.336 e. The van der Waals surface area contributed by atoms with Crippen molar-refractivity contribution in [1.29, 1.82) is 0 Å². The van der Waals surface area contributed by atoms with Gasteiger partial charge in [-0.25, -0.2) is 4.79 Å². The van der Waals surface area contributed by atoms with Crippen molar-refractivity contribution >= 4 is 17.7 Å². The topological polar surface area (TPSA) is 215 Å². The number of esters is 1. The summed E-state index contributed by atoms with van der Waals surface area (Å²) >= 11 is 0. The molecule has 16 nitrogen and oxygen atoms in total. The van der Waals surface area contributed by atoms with Crippen molar-refractivity contribution in [3.8, 4) is 0 Å². The fraction of sp³-hybridized carbons (Fsp3) is 0.851. The molecular formula is C47H68O16. The quantitative estimate of drug-likeness (QED) is 0.284. The first-order chi connectivity index (χ1) is 29.7. The van der Waals surface area contributed by atoms with Crippen LogP contribution < -0.4 is 0 Å². The van der Waals surface area contributed by atoms with Gasteiger partial charge in [0.1, 0.15) is 48.3 Å². The number of carboxylic acid groups (broad SMARTS) is 1. The molecule has 0 aromatic carbocycles. The second-order valence-corrected chi connectivity index (χ2v) is 21.1. The fourth-order valence-electron chi connectivity index (χ4n) is 12.5. The van der Waals surface area contributed by atoms with E-state index < -0.39 is 113 Å². The first kappa shape index (κ1) is 45.8. The van der Waals surface area contributed by atoms with Crippen LogP contribution in [0.3, 0.4) is 0 Å². The van der Waals surface area contributed by atoms with Gasteiger partial charge in [0.15, 0.2) is 23.0 Å². The number of aliphatic carboxylic acids is 1. The summed E-state index contributed by atoms with van der Waals surface area (Å²) in [5.74, 6) is -7.29. The standard InChI is InChI=1S/C47H68O16/c1-25-9-10-31-33(21-36(56-31)47(54)38(49)27(3)13-19-55-47)57-40(51)28(4)30-8-7-14-45(58-30)16-11-32(59-45)39(50)43(6)23-29(48)37(62-43)34-24-44(41(52)53)17-18-46(60-34,63-44)35-12-15-42(5,61-35)22-26(2)20-25/h9-10,20,26-28,30-39,49-50,54H,7-8,11-19,21-24H2,1-6H3,(H,52,53)/b10-9-,25-20-/t26-,27+,28+,30-,31+,32-,33+,34+,35+,36-,37-,38+,39+,42+,43+,44-,45-,46-,47+/m1/s1. The summed E-state index contributed by atoms with van der Waals surface area (Å²) < 4.78 is 58.2. The largest absolute Gasteiger partial charge is 0.479 e. The van der Waals surface area contributed by atoms with Crippen molar-refractivity contribution in [2.24, 2.45) is 17.8 Å². The molecule has 8 saturated heterocycles. The van der Waals surface area contributed by atoms with Crippen molar-refractivity contribution in [1.82, 2.24) is 0 Å². The van der Waals surface area contributed by atoms with E-state index in [1.807, 2.05) is 32.9 Å². The summed E-state index contributed by atoms with van der Waals surface area (Å²) in [6, 6.07) is 0. The molecule has 63 heavy (non-hydrogen) atoms. The molecule has 9 rings (SSSR count). The lowest BCUT2D eigenvalue weighted by atomic mass is 9.87. The van der Waals surface area contributed by atoms with E-state index in [1.165, 1.54) is 0 Å². The Morgan fingerprint density at radius 3 is 2.37 bits per heavy atom. The molecule has 9 heterocycles. The Morgan fingerprint density at radius 1 is 0.810 bits per heavy atom. The first-order valence-corrected chi connectivity index (χ1v) is 23.5. The van der Waals surface area contributed by atoms with Gasteiger partial charge in [0.25, 0.3) is 0 Å². The molecule has 2 spiro atoms. The predicted octanol–water partition coefficient (Wildman–Crippen LogP) is 4.32. The van der Waals surface area contributed by atoms with Gasteiger partial charge in [0, 0.05) is 38.5 Å². The second kappa shape index (κ2) is 16.5. The van der Waals surface area contributed by atoms with Gasteiger partial charge in [-0.2, -0.15) is 0 Å². The summed E-state index contributed by atoms with van der Waals surface area (Å²) in [7, 11) is 0. The third-order valence-electron chi connectivity index (χ3n) is 16.0. The van der Waals surface area contributed by atoms with Crippen LogP contribution in [0, 0.1) is 17.8 Å². The van der Waals surface area contributed by atoms with Crippen molar-refractivity contribution in [3.05, 3.63) is 23.8 Å². The number of carboxylic acids is 1. The number of carbonyl (C=O) groups excluding carboxylic acids is 2. The SMILES string of the molecule is CC1=C/[C@@H](C)C[C@]2(C)CC[C@H](O2)[C@]23CC[C@](C(=O)O)(C[C@H](O2)[C@@H]2O[C@@](C)(CC2=O)[C@@H](O)[C@H]2CC[C@@]4(CCC[C@@H](O4)[C@H](C)C(=O)O[C@H]4C[C@H]([C@]5(O)OCC[C@H](C)[C@@H]5O)O[C@H]4/C=C\1)O2)O3. The number of allylic oxidation sites excluding steroid dienone is 3. The summed E-state index contributed by atoms with van der Waals surface area (Å²) in [6.45, 7) is 11.6. The van der Waals surface area contributed by atoms with Crippen LogP contribution in [-0.2, 0) is 57.0 Å². The van der Waals surface area contributed by atoms with E-state index in [0.717, 1.165) is 5.57 Å². The molecule has 9 aliphatic heterocycles. The molecule has 0 unspecified atom stereocenters. The second-order valence-electron chi connectivity index (χ2n) is 21.1. The van der Waals surface area contributed by atoms with E-state index >= 15 is 0 Å². The molecule has 0 aromatic rings. The van der Waals surface area contributed by atoms with Crippen LogP contribution in [0.25, 0.3) is 0 Å². The fourth-order valence-corrected chi connectivity index (χ4v) is 12.5. The van der Waals surface area contributed by atoms with E-state index in [9.17, 15) is 34.8 Å². The highest BCUT2D eigenvalue weighted by molar-refractivity contribution is 5.87. The molecular weight excluding hydrogens is 821 g/mol. The molecule has 10 bridgehead atoms. The number of fused-ring (bicyclic) bond motifs is 10. The van der Waals surface area contributed by atoms with Gasteiger partial charge >= 0.3 is 11.9 Å². The Balaban J connectivity index is 1.01.